The molecule has 0 saturated heterocycles. The van der Waals surface area contributed by atoms with Gasteiger partial charge in [-0.25, -0.2) is 0 Å². The predicted molar refractivity (Wildman–Crippen MR) is 95.2 cm³/mol. The summed E-state index contributed by atoms with van der Waals surface area (Å²) in [5.41, 5.74) is 0.817. The van der Waals surface area contributed by atoms with Crippen LogP contribution < -0.4 is 0 Å². The Morgan fingerprint density at radius 1 is 1.26 bits per heavy atom. The van der Waals surface area contributed by atoms with Gasteiger partial charge in [-0.05, 0) is 50.7 Å². The van der Waals surface area contributed by atoms with Crippen LogP contribution in [0.3, 0.4) is 0 Å². The van der Waals surface area contributed by atoms with Gasteiger partial charge in [0.2, 0.25) is 5.91 Å². The summed E-state index contributed by atoms with van der Waals surface area (Å²) in [4.78, 5) is 27.4. The van der Waals surface area contributed by atoms with Gasteiger partial charge in [-0.15, -0.1) is 0 Å². The molecule has 0 aliphatic carbocycles. The van der Waals surface area contributed by atoms with Crippen molar-refractivity contribution in [3.8, 4) is 0 Å². The highest BCUT2D eigenvalue weighted by Gasteiger charge is 2.28. The summed E-state index contributed by atoms with van der Waals surface area (Å²) in [6.07, 6.45) is 2.77. The molecule has 1 unspecified atom stereocenters. The van der Waals surface area contributed by atoms with E-state index in [4.69, 9.17) is 23.2 Å². The van der Waals surface area contributed by atoms with Crippen LogP contribution in [0.4, 0.5) is 0 Å². The largest absolute Gasteiger partial charge is 0.335 e. The Hall–Kier alpha value is -1.10. The van der Waals surface area contributed by atoms with E-state index in [-0.39, 0.29) is 5.91 Å². The van der Waals surface area contributed by atoms with Gasteiger partial charge in [-0.3, -0.25) is 9.69 Å². The van der Waals surface area contributed by atoms with E-state index in [1.807, 2.05) is 25.9 Å². The van der Waals surface area contributed by atoms with Gasteiger partial charge < -0.3 is 9.69 Å². The molecule has 128 valence electrons. The van der Waals surface area contributed by atoms with Crippen molar-refractivity contribution in [1.29, 1.82) is 0 Å². The first-order valence-corrected chi connectivity index (χ1v) is 8.39. The van der Waals surface area contributed by atoms with Gasteiger partial charge >= 0.3 is 0 Å². The molecule has 6 heteroatoms. The van der Waals surface area contributed by atoms with Crippen LogP contribution in [-0.4, -0.2) is 55.2 Å². The Bertz CT molecular complexity index is 549. The third-order valence-electron chi connectivity index (χ3n) is 3.92. The number of likely N-dealkylation sites (N-methyl/N-ethyl adjacent to an activating group) is 2. The van der Waals surface area contributed by atoms with Gasteiger partial charge in [-0.1, -0.05) is 36.5 Å². The molecule has 2 atom stereocenters. The molecule has 23 heavy (non-hydrogen) atoms. The molecule has 0 aliphatic heterocycles. The minimum Gasteiger partial charge on any atom is -0.335 e. The highest BCUT2D eigenvalue weighted by Crippen LogP contribution is 2.23. The standard InChI is InChI=1S/C17H24Cl2N2O2/c1-5-6-14(11-22)21(4)17(23)16(20(2)3)10-12-9-13(18)7-8-15(12)19/h7-9,11,14,16H,5-6,10H2,1-4H3/t14?,16-/m0/s1. The molecule has 0 bridgehead atoms. The Balaban J connectivity index is 2.99. The second kappa shape index (κ2) is 9.26. The second-order valence-corrected chi connectivity index (χ2v) is 6.70. The fraction of sp³-hybridized carbons (Fsp3) is 0.529. The number of carbonyl (C=O) groups is 2. The third-order valence-corrected chi connectivity index (χ3v) is 4.52. The van der Waals surface area contributed by atoms with Crippen molar-refractivity contribution in [1.82, 2.24) is 9.80 Å². The highest BCUT2D eigenvalue weighted by atomic mass is 35.5. The quantitative estimate of drug-likeness (QED) is 0.669. The molecule has 1 amide bonds. The zero-order valence-electron chi connectivity index (χ0n) is 14.1. The van der Waals surface area contributed by atoms with Gasteiger partial charge in [0.05, 0.1) is 12.1 Å². The minimum absolute atomic E-state index is 0.100. The summed E-state index contributed by atoms with van der Waals surface area (Å²) in [5, 5.41) is 1.16. The number of nitrogens with zero attached hydrogens (tertiary/aromatic N) is 2. The van der Waals surface area contributed by atoms with Crippen molar-refractivity contribution < 1.29 is 9.59 Å². The summed E-state index contributed by atoms with van der Waals surface area (Å²) in [6, 6.07) is 4.41. The average Bonchev–Trinajstić information content (AvgIpc) is 2.51. The van der Waals surface area contributed by atoms with Crippen molar-refractivity contribution in [3.05, 3.63) is 33.8 Å². The molecule has 0 heterocycles. The van der Waals surface area contributed by atoms with Gasteiger partial charge in [-0.2, -0.15) is 0 Å². The maximum Gasteiger partial charge on any atom is 0.240 e. The molecule has 1 rings (SSSR count). The first kappa shape index (κ1) is 19.9. The van der Waals surface area contributed by atoms with Crippen LogP contribution in [0.5, 0.6) is 0 Å². The van der Waals surface area contributed by atoms with Crippen molar-refractivity contribution in [3.63, 3.8) is 0 Å². The minimum atomic E-state index is -0.407. The lowest BCUT2D eigenvalue weighted by Crippen LogP contribution is -2.49. The number of hydrogen-bond donors (Lipinski definition) is 0. The number of aldehydes is 1. The predicted octanol–water partition coefficient (Wildman–Crippen LogP) is 3.29. The summed E-state index contributed by atoms with van der Waals surface area (Å²) in [7, 11) is 5.35. The van der Waals surface area contributed by atoms with E-state index in [1.165, 1.54) is 4.90 Å². The summed E-state index contributed by atoms with van der Waals surface area (Å²) in [6.45, 7) is 1.99. The van der Waals surface area contributed by atoms with Crippen molar-refractivity contribution >= 4 is 35.4 Å². The van der Waals surface area contributed by atoms with Gasteiger partial charge in [0.25, 0.3) is 0 Å². The maximum atomic E-state index is 12.8. The van der Waals surface area contributed by atoms with E-state index in [9.17, 15) is 9.59 Å². The van der Waals surface area contributed by atoms with Gasteiger partial charge in [0, 0.05) is 17.1 Å². The van der Waals surface area contributed by atoms with Crippen LogP contribution in [0.25, 0.3) is 0 Å². The Morgan fingerprint density at radius 2 is 1.91 bits per heavy atom. The maximum absolute atomic E-state index is 12.8. The van der Waals surface area contributed by atoms with Crippen LogP contribution >= 0.6 is 23.2 Å². The zero-order chi connectivity index (χ0) is 17.6. The lowest BCUT2D eigenvalue weighted by molar-refractivity contribution is -0.139. The van der Waals surface area contributed by atoms with Crippen LogP contribution in [0.1, 0.15) is 25.3 Å². The molecule has 0 saturated carbocycles. The Kier molecular flexibility index (Phi) is 8.03. The normalized spacial score (nSPS) is 13.7. The number of carbonyl (C=O) groups excluding carboxylic acids is 2. The smallest absolute Gasteiger partial charge is 0.240 e. The van der Waals surface area contributed by atoms with E-state index < -0.39 is 12.1 Å². The van der Waals surface area contributed by atoms with E-state index in [2.05, 4.69) is 0 Å². The van der Waals surface area contributed by atoms with Crippen molar-refractivity contribution in [2.45, 2.75) is 38.3 Å². The summed E-state index contributed by atoms with van der Waals surface area (Å²) < 4.78 is 0. The molecule has 0 aliphatic rings. The summed E-state index contributed by atoms with van der Waals surface area (Å²) in [5.74, 6) is -0.100. The van der Waals surface area contributed by atoms with Gasteiger partial charge in [0.1, 0.15) is 6.29 Å². The molecule has 0 radical (unpaired) electrons. The molecular formula is C17H24Cl2N2O2. The molecule has 0 fully saturated rings. The first-order chi connectivity index (χ1) is 10.8. The number of benzene rings is 1. The van der Waals surface area contributed by atoms with Crippen LogP contribution in [0.15, 0.2) is 18.2 Å². The van der Waals surface area contributed by atoms with Crippen LogP contribution in [0.2, 0.25) is 10.0 Å². The number of rotatable bonds is 8. The van der Waals surface area contributed by atoms with E-state index in [0.717, 1.165) is 18.3 Å². The monoisotopic (exact) mass is 358 g/mol. The lowest BCUT2D eigenvalue weighted by atomic mass is 10.0. The third kappa shape index (κ3) is 5.48. The van der Waals surface area contributed by atoms with E-state index >= 15 is 0 Å². The first-order valence-electron chi connectivity index (χ1n) is 7.64. The SMILES string of the molecule is CCCC(C=O)N(C)C(=O)[C@H](Cc1cc(Cl)ccc1Cl)N(C)C. The molecular weight excluding hydrogens is 335 g/mol. The summed E-state index contributed by atoms with van der Waals surface area (Å²) >= 11 is 12.2. The topological polar surface area (TPSA) is 40.6 Å². The van der Waals surface area contributed by atoms with E-state index in [1.54, 1.807) is 25.2 Å². The Labute approximate surface area is 148 Å². The molecule has 4 nitrogen and oxygen atoms in total. The van der Waals surface area contributed by atoms with Crippen LogP contribution in [-0.2, 0) is 16.0 Å². The fourth-order valence-electron chi connectivity index (χ4n) is 2.45. The van der Waals surface area contributed by atoms with Crippen LogP contribution in [0, 0.1) is 0 Å². The number of halogens is 2. The van der Waals surface area contributed by atoms with Crippen molar-refractivity contribution in [2.24, 2.45) is 0 Å². The molecule has 1 aromatic rings. The number of hydrogen-bond acceptors (Lipinski definition) is 3. The molecule has 1 aromatic carbocycles. The van der Waals surface area contributed by atoms with E-state index in [0.29, 0.717) is 22.9 Å². The van der Waals surface area contributed by atoms with Crippen molar-refractivity contribution in [2.75, 3.05) is 21.1 Å². The average molecular weight is 359 g/mol. The lowest BCUT2D eigenvalue weighted by Gasteiger charge is -2.31. The fourth-order valence-corrected chi connectivity index (χ4v) is 2.84. The Morgan fingerprint density at radius 3 is 2.43 bits per heavy atom. The molecule has 0 spiro atoms. The number of amides is 1. The molecule has 0 aromatic heterocycles. The highest BCUT2D eigenvalue weighted by molar-refractivity contribution is 6.33. The van der Waals surface area contributed by atoms with Gasteiger partial charge in [0.15, 0.2) is 0 Å². The molecule has 0 N–H and O–H groups in total. The second-order valence-electron chi connectivity index (χ2n) is 5.86. The zero-order valence-corrected chi connectivity index (χ0v) is 15.6.